The summed E-state index contributed by atoms with van der Waals surface area (Å²) in [6.07, 6.45) is 1.70. The van der Waals surface area contributed by atoms with E-state index < -0.39 is 0 Å². The van der Waals surface area contributed by atoms with E-state index in [0.717, 1.165) is 19.4 Å². The van der Waals surface area contributed by atoms with Crippen molar-refractivity contribution in [1.29, 1.82) is 0 Å². The summed E-state index contributed by atoms with van der Waals surface area (Å²) in [6, 6.07) is 4.47. The molecule has 1 saturated heterocycles. The molecular weight excluding hydrogens is 234 g/mol. The average molecular weight is 259 g/mol. The van der Waals surface area contributed by atoms with E-state index >= 15 is 0 Å². The molecule has 1 aliphatic heterocycles. The molecule has 0 amide bonds. The first-order valence-corrected chi connectivity index (χ1v) is 7.13. The zero-order chi connectivity index (χ0) is 14.2. The largest absolute Gasteiger partial charge is 0.298 e. The van der Waals surface area contributed by atoms with Gasteiger partial charge in [-0.15, -0.1) is 0 Å². The summed E-state index contributed by atoms with van der Waals surface area (Å²) in [4.78, 5) is 14.1. The molecular formula is C17H25NO. The predicted molar refractivity (Wildman–Crippen MR) is 79.4 cm³/mol. The number of Topliss-reactive ketones (excluding diaryl/α,β-unsaturated/α-hetero) is 1. The first kappa shape index (κ1) is 14.3. The number of piperidine rings is 1. The molecule has 0 spiro atoms. The van der Waals surface area contributed by atoms with Gasteiger partial charge in [0.15, 0.2) is 0 Å². The predicted octanol–water partition coefficient (Wildman–Crippen LogP) is 3.56. The molecule has 1 fully saturated rings. The normalized spacial score (nSPS) is 19.7. The van der Waals surface area contributed by atoms with Crippen molar-refractivity contribution < 1.29 is 4.79 Å². The van der Waals surface area contributed by atoms with E-state index in [1.54, 1.807) is 0 Å². The van der Waals surface area contributed by atoms with Gasteiger partial charge in [-0.25, -0.2) is 0 Å². The minimum absolute atomic E-state index is 0.123. The summed E-state index contributed by atoms with van der Waals surface area (Å²) in [5.74, 6) is 0.377. The quantitative estimate of drug-likeness (QED) is 0.809. The fraction of sp³-hybridized carbons (Fsp3) is 0.588. The molecule has 0 bridgehead atoms. The smallest absolute Gasteiger partial charge is 0.146 e. The Bertz CT molecular complexity index is 479. The standard InChI is InChI=1S/C17H25NO/c1-12-8-13(2)16(14(3)9-12)11-18-10-15(19)6-7-17(18,4)5/h8-9H,6-7,10-11H2,1-5H3. The molecule has 1 aromatic carbocycles. The number of hydrogen-bond acceptors (Lipinski definition) is 2. The van der Waals surface area contributed by atoms with Crippen LogP contribution >= 0.6 is 0 Å². The lowest BCUT2D eigenvalue weighted by molar-refractivity contribution is -0.126. The first-order valence-electron chi connectivity index (χ1n) is 7.13. The zero-order valence-electron chi connectivity index (χ0n) is 12.8. The summed E-state index contributed by atoms with van der Waals surface area (Å²) < 4.78 is 0. The van der Waals surface area contributed by atoms with E-state index in [1.807, 2.05) is 0 Å². The van der Waals surface area contributed by atoms with E-state index in [2.05, 4.69) is 51.7 Å². The highest BCUT2D eigenvalue weighted by Gasteiger charge is 2.33. The van der Waals surface area contributed by atoms with Gasteiger partial charge in [-0.3, -0.25) is 9.69 Å². The van der Waals surface area contributed by atoms with Gasteiger partial charge >= 0.3 is 0 Å². The number of aryl methyl sites for hydroxylation is 3. The molecule has 1 heterocycles. The molecule has 104 valence electrons. The van der Waals surface area contributed by atoms with Crippen LogP contribution in [0.25, 0.3) is 0 Å². The van der Waals surface area contributed by atoms with Gasteiger partial charge in [0.05, 0.1) is 6.54 Å². The molecule has 0 saturated carbocycles. The second-order valence-corrected chi connectivity index (χ2v) is 6.58. The van der Waals surface area contributed by atoms with Crippen molar-refractivity contribution in [2.45, 2.75) is 59.5 Å². The summed E-state index contributed by atoms with van der Waals surface area (Å²) >= 11 is 0. The summed E-state index contributed by atoms with van der Waals surface area (Å²) in [5.41, 5.74) is 5.50. The summed E-state index contributed by atoms with van der Waals surface area (Å²) in [7, 11) is 0. The van der Waals surface area contributed by atoms with Crippen LogP contribution in [0.4, 0.5) is 0 Å². The van der Waals surface area contributed by atoms with Gasteiger partial charge in [0.25, 0.3) is 0 Å². The van der Waals surface area contributed by atoms with Crippen molar-refractivity contribution in [2.24, 2.45) is 0 Å². The number of rotatable bonds is 2. The van der Waals surface area contributed by atoms with Gasteiger partial charge in [0, 0.05) is 18.5 Å². The Morgan fingerprint density at radius 2 is 1.74 bits per heavy atom. The highest BCUT2D eigenvalue weighted by atomic mass is 16.1. The summed E-state index contributed by atoms with van der Waals surface area (Å²) in [6.45, 7) is 12.5. The van der Waals surface area contributed by atoms with E-state index in [4.69, 9.17) is 0 Å². The van der Waals surface area contributed by atoms with Gasteiger partial charge in [-0.2, -0.15) is 0 Å². The van der Waals surface area contributed by atoms with Crippen LogP contribution in [0.3, 0.4) is 0 Å². The fourth-order valence-electron chi connectivity index (χ4n) is 3.03. The van der Waals surface area contributed by atoms with Crippen molar-refractivity contribution >= 4 is 5.78 Å². The second kappa shape index (κ2) is 5.09. The lowest BCUT2D eigenvalue weighted by atomic mass is 9.88. The molecule has 2 heteroatoms. The van der Waals surface area contributed by atoms with Crippen LogP contribution in [0, 0.1) is 20.8 Å². The van der Waals surface area contributed by atoms with E-state index in [-0.39, 0.29) is 5.54 Å². The van der Waals surface area contributed by atoms with Crippen molar-refractivity contribution in [1.82, 2.24) is 4.90 Å². The maximum Gasteiger partial charge on any atom is 0.146 e. The zero-order valence-corrected chi connectivity index (χ0v) is 12.8. The van der Waals surface area contributed by atoms with Gasteiger partial charge in [-0.05, 0) is 57.7 Å². The first-order chi connectivity index (χ1) is 8.79. The van der Waals surface area contributed by atoms with Crippen molar-refractivity contribution in [2.75, 3.05) is 6.54 Å². The topological polar surface area (TPSA) is 20.3 Å². The SMILES string of the molecule is Cc1cc(C)c(CN2CC(=O)CCC2(C)C)c(C)c1. The fourth-order valence-corrected chi connectivity index (χ4v) is 3.03. The molecule has 0 N–H and O–H groups in total. The van der Waals surface area contributed by atoms with Gasteiger partial charge in [0.2, 0.25) is 0 Å². The van der Waals surface area contributed by atoms with Gasteiger partial charge in [-0.1, -0.05) is 17.7 Å². The molecule has 0 unspecified atom stereocenters. The Hall–Kier alpha value is -1.15. The van der Waals surface area contributed by atoms with Crippen molar-refractivity contribution in [3.63, 3.8) is 0 Å². The van der Waals surface area contributed by atoms with Crippen molar-refractivity contribution in [3.05, 3.63) is 34.4 Å². The minimum atomic E-state index is 0.123. The maximum atomic E-state index is 11.7. The third-order valence-electron chi connectivity index (χ3n) is 4.43. The Morgan fingerprint density at radius 3 is 2.32 bits per heavy atom. The van der Waals surface area contributed by atoms with Crippen LogP contribution in [-0.2, 0) is 11.3 Å². The van der Waals surface area contributed by atoms with E-state index in [0.29, 0.717) is 12.3 Å². The molecule has 1 aliphatic rings. The number of likely N-dealkylation sites (tertiary alicyclic amines) is 1. The number of hydrogen-bond donors (Lipinski definition) is 0. The highest BCUT2D eigenvalue weighted by molar-refractivity contribution is 5.81. The summed E-state index contributed by atoms with van der Waals surface area (Å²) in [5, 5.41) is 0. The molecule has 19 heavy (non-hydrogen) atoms. The third-order valence-corrected chi connectivity index (χ3v) is 4.43. The maximum absolute atomic E-state index is 11.7. The molecule has 0 radical (unpaired) electrons. The Morgan fingerprint density at radius 1 is 1.16 bits per heavy atom. The van der Waals surface area contributed by atoms with Crippen LogP contribution in [0.2, 0.25) is 0 Å². The number of benzene rings is 1. The minimum Gasteiger partial charge on any atom is -0.298 e. The van der Waals surface area contributed by atoms with Crippen LogP contribution in [0.1, 0.15) is 48.9 Å². The number of carbonyl (C=O) groups is 1. The molecule has 1 aromatic rings. The highest BCUT2D eigenvalue weighted by Crippen LogP contribution is 2.29. The van der Waals surface area contributed by atoms with Gasteiger partial charge < -0.3 is 0 Å². The van der Waals surface area contributed by atoms with E-state index in [1.165, 1.54) is 22.3 Å². The third kappa shape index (κ3) is 3.06. The number of carbonyl (C=O) groups excluding carboxylic acids is 1. The van der Waals surface area contributed by atoms with Crippen LogP contribution in [0.15, 0.2) is 12.1 Å². The van der Waals surface area contributed by atoms with Crippen LogP contribution in [0.5, 0.6) is 0 Å². The number of nitrogens with zero attached hydrogens (tertiary/aromatic N) is 1. The lowest BCUT2D eigenvalue weighted by Gasteiger charge is -2.42. The monoisotopic (exact) mass is 259 g/mol. The van der Waals surface area contributed by atoms with Crippen molar-refractivity contribution in [3.8, 4) is 0 Å². The second-order valence-electron chi connectivity index (χ2n) is 6.58. The molecule has 0 aliphatic carbocycles. The molecule has 0 aromatic heterocycles. The Labute approximate surface area is 116 Å². The Kier molecular flexibility index (Phi) is 3.82. The van der Waals surface area contributed by atoms with Crippen LogP contribution in [-0.4, -0.2) is 22.8 Å². The molecule has 0 atom stereocenters. The number of ketones is 1. The Balaban J connectivity index is 2.27. The lowest BCUT2D eigenvalue weighted by Crippen LogP contribution is -2.50. The molecule has 2 rings (SSSR count). The van der Waals surface area contributed by atoms with Crippen LogP contribution < -0.4 is 0 Å². The molecule has 2 nitrogen and oxygen atoms in total. The van der Waals surface area contributed by atoms with Gasteiger partial charge in [0.1, 0.15) is 5.78 Å². The average Bonchev–Trinajstić information content (AvgIpc) is 2.28. The van der Waals surface area contributed by atoms with E-state index in [9.17, 15) is 4.79 Å².